The Hall–Kier alpha value is -1.68. The molecule has 27 heavy (non-hydrogen) atoms. The lowest BCUT2D eigenvalue weighted by Crippen LogP contribution is -2.43. The van der Waals surface area contributed by atoms with Crippen LogP contribution in [0.5, 0.6) is 0 Å². The molecular weight excluding hydrogens is 459 g/mol. The Kier molecular flexibility index (Phi) is 11.0. The lowest BCUT2D eigenvalue weighted by Gasteiger charge is -2.16. The number of hydrogen-bond donors (Lipinski definition) is 2. The first kappa shape index (κ1) is 23.4. The summed E-state index contributed by atoms with van der Waals surface area (Å²) in [5, 5.41) is 6.32. The monoisotopic (exact) mass is 488 g/mol. The van der Waals surface area contributed by atoms with Crippen molar-refractivity contribution in [2.24, 2.45) is 4.99 Å². The van der Waals surface area contributed by atoms with Crippen LogP contribution in [0.4, 0.5) is 0 Å². The number of ether oxygens (including phenoxy) is 1. The maximum absolute atomic E-state index is 12.3. The van der Waals surface area contributed by atoms with Crippen molar-refractivity contribution in [3.63, 3.8) is 0 Å². The van der Waals surface area contributed by atoms with Crippen LogP contribution < -0.4 is 10.6 Å². The molecule has 2 N–H and O–H groups in total. The number of halogens is 1. The van der Waals surface area contributed by atoms with Gasteiger partial charge in [-0.1, -0.05) is 25.5 Å². The Morgan fingerprint density at radius 1 is 1.04 bits per heavy atom. The highest BCUT2D eigenvalue weighted by atomic mass is 127. The standard InChI is InChI=1S/C19H28N4O3.HI/c1-3-4-13-26-14-7-10-21-19(20-2)22-11-12-23-17(24)15-8-5-6-9-16(15)18(23)25;/h5-6,8-9H,3-4,7,10-14H2,1-2H3,(H2,20,21,22);1H. The van der Waals surface area contributed by atoms with E-state index in [4.69, 9.17) is 4.74 Å². The molecule has 1 aromatic rings. The number of benzene rings is 1. The van der Waals surface area contributed by atoms with Gasteiger partial charge in [0.05, 0.1) is 11.1 Å². The summed E-state index contributed by atoms with van der Waals surface area (Å²) >= 11 is 0. The summed E-state index contributed by atoms with van der Waals surface area (Å²) in [5.41, 5.74) is 0.950. The van der Waals surface area contributed by atoms with Crippen LogP contribution in [0.1, 0.15) is 46.9 Å². The Balaban J connectivity index is 0.00000364. The first-order valence-corrected chi connectivity index (χ1v) is 9.16. The number of guanidine groups is 1. The van der Waals surface area contributed by atoms with Gasteiger partial charge in [-0.3, -0.25) is 19.5 Å². The molecule has 0 spiro atoms. The number of carbonyl (C=O) groups excluding carboxylic acids is 2. The number of imide groups is 1. The first-order valence-electron chi connectivity index (χ1n) is 9.16. The van der Waals surface area contributed by atoms with Gasteiger partial charge in [0.15, 0.2) is 5.96 Å². The molecule has 0 unspecified atom stereocenters. The number of aliphatic imine (C=N–C) groups is 1. The van der Waals surface area contributed by atoms with E-state index in [0.717, 1.165) is 39.0 Å². The van der Waals surface area contributed by atoms with E-state index in [-0.39, 0.29) is 35.8 Å². The maximum Gasteiger partial charge on any atom is 0.261 e. The molecule has 0 aromatic heterocycles. The zero-order chi connectivity index (χ0) is 18.8. The maximum atomic E-state index is 12.3. The van der Waals surface area contributed by atoms with Crippen LogP contribution in [-0.2, 0) is 4.74 Å². The quantitative estimate of drug-likeness (QED) is 0.174. The number of nitrogens with one attached hydrogen (secondary N) is 2. The number of rotatable bonds is 10. The number of fused-ring (bicyclic) bond motifs is 1. The molecule has 150 valence electrons. The third kappa shape index (κ3) is 6.76. The van der Waals surface area contributed by atoms with Crippen LogP contribution in [0.3, 0.4) is 0 Å². The van der Waals surface area contributed by atoms with Crippen LogP contribution >= 0.6 is 24.0 Å². The topological polar surface area (TPSA) is 83.0 Å². The normalized spacial score (nSPS) is 13.4. The van der Waals surface area contributed by atoms with E-state index in [1.54, 1.807) is 31.3 Å². The van der Waals surface area contributed by atoms with Crippen LogP contribution in [-0.4, -0.2) is 62.6 Å². The van der Waals surface area contributed by atoms with E-state index in [1.807, 2.05) is 0 Å². The molecule has 0 atom stereocenters. The average molecular weight is 488 g/mol. The largest absolute Gasteiger partial charge is 0.381 e. The van der Waals surface area contributed by atoms with E-state index >= 15 is 0 Å². The minimum absolute atomic E-state index is 0. The molecule has 8 heteroatoms. The van der Waals surface area contributed by atoms with Gasteiger partial charge in [0.2, 0.25) is 0 Å². The van der Waals surface area contributed by atoms with Crippen LogP contribution in [0.2, 0.25) is 0 Å². The fourth-order valence-corrected chi connectivity index (χ4v) is 2.68. The van der Waals surface area contributed by atoms with Crippen LogP contribution in [0, 0.1) is 0 Å². The predicted octanol–water partition coefficient (Wildman–Crippen LogP) is 2.27. The van der Waals surface area contributed by atoms with Crippen molar-refractivity contribution < 1.29 is 14.3 Å². The van der Waals surface area contributed by atoms with Gasteiger partial charge in [-0.15, -0.1) is 24.0 Å². The summed E-state index contributed by atoms with van der Waals surface area (Å²) in [7, 11) is 1.69. The molecule has 0 fully saturated rings. The fourth-order valence-electron chi connectivity index (χ4n) is 2.68. The second-order valence-electron chi connectivity index (χ2n) is 6.05. The molecule has 1 heterocycles. The Morgan fingerprint density at radius 2 is 1.63 bits per heavy atom. The third-order valence-corrected chi connectivity index (χ3v) is 4.13. The summed E-state index contributed by atoms with van der Waals surface area (Å²) in [5.74, 6) is 0.175. The van der Waals surface area contributed by atoms with Crippen molar-refractivity contribution in [1.82, 2.24) is 15.5 Å². The molecule has 0 aliphatic carbocycles. The molecule has 2 amide bonds. The van der Waals surface area contributed by atoms with Crippen molar-refractivity contribution in [1.29, 1.82) is 0 Å². The highest BCUT2D eigenvalue weighted by molar-refractivity contribution is 14.0. The number of hydrogen-bond acceptors (Lipinski definition) is 4. The lowest BCUT2D eigenvalue weighted by molar-refractivity contribution is 0.0657. The van der Waals surface area contributed by atoms with Gasteiger partial charge in [-0.2, -0.15) is 0 Å². The first-order chi connectivity index (χ1) is 12.7. The van der Waals surface area contributed by atoms with Gasteiger partial charge in [0.1, 0.15) is 0 Å². The van der Waals surface area contributed by atoms with E-state index in [9.17, 15) is 9.59 Å². The number of carbonyl (C=O) groups is 2. The Bertz CT molecular complexity index is 617. The summed E-state index contributed by atoms with van der Waals surface area (Å²) in [4.78, 5) is 30.0. The van der Waals surface area contributed by atoms with E-state index in [1.165, 1.54) is 4.90 Å². The van der Waals surface area contributed by atoms with Crippen LogP contribution in [0.25, 0.3) is 0 Å². The molecule has 0 bridgehead atoms. The third-order valence-electron chi connectivity index (χ3n) is 4.13. The van der Waals surface area contributed by atoms with E-state index < -0.39 is 0 Å². The van der Waals surface area contributed by atoms with Crippen molar-refractivity contribution in [2.75, 3.05) is 39.9 Å². The zero-order valence-corrected chi connectivity index (χ0v) is 18.3. The van der Waals surface area contributed by atoms with Crippen molar-refractivity contribution in [3.8, 4) is 0 Å². The molecule has 0 saturated carbocycles. The van der Waals surface area contributed by atoms with E-state index in [0.29, 0.717) is 30.2 Å². The average Bonchev–Trinajstić information content (AvgIpc) is 2.91. The highest BCUT2D eigenvalue weighted by Gasteiger charge is 2.34. The molecule has 7 nitrogen and oxygen atoms in total. The molecular formula is C19H29IN4O3. The second-order valence-corrected chi connectivity index (χ2v) is 6.05. The fraction of sp³-hybridized carbons (Fsp3) is 0.526. The SMILES string of the molecule is CCCCOCCCNC(=NC)NCCN1C(=O)c2ccccc2C1=O.I. The van der Waals surface area contributed by atoms with Gasteiger partial charge < -0.3 is 15.4 Å². The summed E-state index contributed by atoms with van der Waals surface area (Å²) < 4.78 is 5.51. The highest BCUT2D eigenvalue weighted by Crippen LogP contribution is 2.21. The summed E-state index contributed by atoms with van der Waals surface area (Å²) in [6, 6.07) is 6.91. The number of unbranched alkanes of at least 4 members (excludes halogenated alkanes) is 1. The predicted molar refractivity (Wildman–Crippen MR) is 117 cm³/mol. The molecule has 1 aliphatic rings. The molecule has 1 aliphatic heterocycles. The van der Waals surface area contributed by atoms with Gasteiger partial charge in [-0.05, 0) is 25.0 Å². The molecule has 0 saturated heterocycles. The van der Waals surface area contributed by atoms with Crippen molar-refractivity contribution >= 4 is 41.8 Å². The summed E-state index contributed by atoms with van der Waals surface area (Å²) in [6.45, 7) is 5.16. The number of amides is 2. The smallest absolute Gasteiger partial charge is 0.261 e. The minimum atomic E-state index is -0.237. The van der Waals surface area contributed by atoms with Gasteiger partial charge in [-0.25, -0.2) is 0 Å². The van der Waals surface area contributed by atoms with Gasteiger partial charge in [0.25, 0.3) is 11.8 Å². The van der Waals surface area contributed by atoms with Gasteiger partial charge >= 0.3 is 0 Å². The Morgan fingerprint density at radius 3 is 2.22 bits per heavy atom. The van der Waals surface area contributed by atoms with Gasteiger partial charge in [0, 0.05) is 39.9 Å². The second kappa shape index (κ2) is 12.7. The van der Waals surface area contributed by atoms with Crippen LogP contribution in [0.15, 0.2) is 29.3 Å². The molecule has 1 aromatic carbocycles. The molecule has 0 radical (unpaired) electrons. The number of nitrogens with zero attached hydrogens (tertiary/aromatic N) is 2. The lowest BCUT2D eigenvalue weighted by atomic mass is 10.1. The van der Waals surface area contributed by atoms with Crippen molar-refractivity contribution in [2.45, 2.75) is 26.2 Å². The van der Waals surface area contributed by atoms with E-state index in [2.05, 4.69) is 22.5 Å². The summed E-state index contributed by atoms with van der Waals surface area (Å²) in [6.07, 6.45) is 3.12. The minimum Gasteiger partial charge on any atom is -0.381 e. The Labute approximate surface area is 178 Å². The zero-order valence-electron chi connectivity index (χ0n) is 16.0. The van der Waals surface area contributed by atoms with Crippen molar-refractivity contribution in [3.05, 3.63) is 35.4 Å². The molecule has 2 rings (SSSR count).